The van der Waals surface area contributed by atoms with Crippen molar-refractivity contribution in [2.45, 2.75) is 58.5 Å². The summed E-state index contributed by atoms with van der Waals surface area (Å²) in [6.45, 7) is 12.0. The summed E-state index contributed by atoms with van der Waals surface area (Å²) < 4.78 is 12.7. The number of fused-ring (bicyclic) bond motifs is 5. The molecule has 2 N–H and O–H groups in total. The fourth-order valence-electron chi connectivity index (χ4n) is 4.92. The minimum absolute atomic E-state index is 0.279. The van der Waals surface area contributed by atoms with E-state index < -0.39 is 12.2 Å². The van der Waals surface area contributed by atoms with Gasteiger partial charge in [0.1, 0.15) is 22.8 Å². The Morgan fingerprint density at radius 2 is 1.82 bits per heavy atom. The maximum atomic E-state index is 10.1. The number of aromatic nitrogens is 3. The van der Waals surface area contributed by atoms with Crippen molar-refractivity contribution in [2.24, 2.45) is 0 Å². The quantitative estimate of drug-likeness (QED) is 0.543. The number of hydrogen-bond acceptors (Lipinski definition) is 10. The minimum atomic E-state index is -0.560. The van der Waals surface area contributed by atoms with Gasteiger partial charge in [-0.05, 0) is 33.3 Å². The van der Waals surface area contributed by atoms with Crippen molar-refractivity contribution >= 4 is 43.4 Å². The van der Waals surface area contributed by atoms with Crippen LogP contribution in [0, 0.1) is 0 Å². The van der Waals surface area contributed by atoms with Crippen molar-refractivity contribution < 1.29 is 19.7 Å². The van der Waals surface area contributed by atoms with E-state index in [2.05, 4.69) is 23.7 Å². The van der Waals surface area contributed by atoms with Gasteiger partial charge in [-0.15, -0.1) is 11.3 Å². The lowest BCUT2D eigenvalue weighted by molar-refractivity contribution is -0.0396. The lowest BCUT2D eigenvalue weighted by Gasteiger charge is -2.36. The molecule has 0 aromatic carbocycles. The monoisotopic (exact) mass is 487 g/mol. The van der Waals surface area contributed by atoms with Crippen LogP contribution in [0.3, 0.4) is 0 Å². The van der Waals surface area contributed by atoms with Gasteiger partial charge in [0.2, 0.25) is 0 Å². The lowest BCUT2D eigenvalue weighted by Crippen LogP contribution is -2.39. The van der Waals surface area contributed by atoms with Crippen LogP contribution in [0.15, 0.2) is 6.33 Å². The Morgan fingerprint density at radius 1 is 1.12 bits per heavy atom. The van der Waals surface area contributed by atoms with Crippen LogP contribution in [-0.4, -0.2) is 82.4 Å². The van der Waals surface area contributed by atoms with Crippen molar-refractivity contribution in [3.05, 3.63) is 17.5 Å². The van der Waals surface area contributed by atoms with Gasteiger partial charge in [-0.3, -0.25) is 0 Å². The van der Waals surface area contributed by atoms with Gasteiger partial charge >= 0.3 is 0 Å². The smallest absolute Gasteiger partial charge is 0.150 e. The first kappa shape index (κ1) is 23.6. The number of hydrogen-bond donors (Lipinski definition) is 2. The molecule has 0 bridgehead atoms. The molecule has 2 atom stereocenters. The van der Waals surface area contributed by atoms with Crippen LogP contribution in [0.1, 0.15) is 38.8 Å². The zero-order valence-corrected chi connectivity index (χ0v) is 21.1. The summed E-state index contributed by atoms with van der Waals surface area (Å²) in [5.74, 6) is 1.70. The SMILES string of the molecule is C[C@H](O)CN(C[C@@H](C)O)c1ncnc2c1sc1nc(N3CCOCC3)c3c(c12)CC(C)(C)OC3. The molecule has 0 unspecified atom stereocenters. The normalized spacial score (nSPS) is 19.9. The highest BCUT2D eigenvalue weighted by Crippen LogP contribution is 2.44. The fourth-order valence-corrected chi connectivity index (χ4v) is 6.10. The van der Waals surface area contributed by atoms with Crippen LogP contribution in [0.25, 0.3) is 20.4 Å². The number of pyridine rings is 1. The van der Waals surface area contributed by atoms with Crippen molar-refractivity contribution in [1.29, 1.82) is 0 Å². The molecular weight excluding hydrogens is 454 g/mol. The Kier molecular flexibility index (Phi) is 6.36. The summed E-state index contributed by atoms with van der Waals surface area (Å²) in [5.41, 5.74) is 2.98. The van der Waals surface area contributed by atoms with E-state index in [0.717, 1.165) is 57.1 Å². The highest BCUT2D eigenvalue weighted by atomic mass is 32.1. The van der Waals surface area contributed by atoms with E-state index in [1.54, 1.807) is 31.5 Å². The van der Waals surface area contributed by atoms with Crippen molar-refractivity contribution in [2.75, 3.05) is 49.2 Å². The molecule has 0 aliphatic carbocycles. The number of anilines is 2. The molecule has 0 spiro atoms. The standard InChI is InChI=1S/C24H33N5O4S/c1-14(30)10-29(11-15(2)31)22-20-19(25-13-26-22)18-16-9-24(3,4)33-12-17(16)21(27-23(18)34-20)28-5-7-32-8-6-28/h13-15,30-31H,5-12H2,1-4H3/t14-,15+. The molecule has 3 aromatic rings. The van der Waals surface area contributed by atoms with Crippen molar-refractivity contribution in [3.8, 4) is 0 Å². The Labute approximate surface area is 203 Å². The third-order valence-electron chi connectivity index (χ3n) is 6.37. The van der Waals surface area contributed by atoms with E-state index in [1.807, 2.05) is 4.90 Å². The summed E-state index contributed by atoms with van der Waals surface area (Å²) in [5, 5.41) is 21.3. The minimum Gasteiger partial charge on any atom is -0.392 e. The van der Waals surface area contributed by atoms with Gasteiger partial charge < -0.3 is 29.5 Å². The molecule has 184 valence electrons. The Hall–Kier alpha value is -2.11. The summed E-state index contributed by atoms with van der Waals surface area (Å²) in [4.78, 5) is 19.6. The van der Waals surface area contributed by atoms with Gasteiger partial charge in [-0.1, -0.05) is 0 Å². The van der Waals surface area contributed by atoms with Crippen LogP contribution < -0.4 is 9.80 Å². The van der Waals surface area contributed by atoms with E-state index in [-0.39, 0.29) is 5.60 Å². The lowest BCUT2D eigenvalue weighted by atomic mass is 9.90. The average molecular weight is 488 g/mol. The van der Waals surface area contributed by atoms with Crippen LogP contribution in [0.5, 0.6) is 0 Å². The van der Waals surface area contributed by atoms with Crippen LogP contribution >= 0.6 is 11.3 Å². The third-order valence-corrected chi connectivity index (χ3v) is 7.44. The van der Waals surface area contributed by atoms with E-state index in [4.69, 9.17) is 19.4 Å². The topological polar surface area (TPSA) is 104 Å². The largest absolute Gasteiger partial charge is 0.392 e. The van der Waals surface area contributed by atoms with Gasteiger partial charge in [0.15, 0.2) is 0 Å². The van der Waals surface area contributed by atoms with E-state index in [1.165, 1.54) is 5.56 Å². The first-order chi connectivity index (χ1) is 16.2. The second-order valence-corrected chi connectivity index (χ2v) is 11.0. The number of aliphatic hydroxyl groups is 2. The first-order valence-corrected chi connectivity index (χ1v) is 12.7. The summed E-state index contributed by atoms with van der Waals surface area (Å²) in [6, 6.07) is 0. The predicted molar refractivity (Wildman–Crippen MR) is 134 cm³/mol. The maximum absolute atomic E-state index is 10.1. The number of aliphatic hydroxyl groups excluding tert-OH is 2. The van der Waals surface area contributed by atoms with Gasteiger partial charge in [0, 0.05) is 43.5 Å². The first-order valence-electron chi connectivity index (χ1n) is 11.9. The average Bonchev–Trinajstić information content (AvgIpc) is 3.16. The van der Waals surface area contributed by atoms with Gasteiger partial charge in [0.05, 0.1) is 47.8 Å². The number of rotatable bonds is 6. The Morgan fingerprint density at radius 3 is 2.50 bits per heavy atom. The van der Waals surface area contributed by atoms with Crippen molar-refractivity contribution in [3.63, 3.8) is 0 Å². The van der Waals surface area contributed by atoms with Gasteiger partial charge in [0.25, 0.3) is 0 Å². The summed E-state index contributed by atoms with van der Waals surface area (Å²) >= 11 is 1.58. The number of ether oxygens (including phenoxy) is 2. The molecule has 0 saturated carbocycles. The molecule has 2 aliphatic heterocycles. The molecule has 34 heavy (non-hydrogen) atoms. The molecule has 5 rings (SSSR count). The van der Waals surface area contributed by atoms with Crippen LogP contribution in [0.4, 0.5) is 11.6 Å². The molecule has 10 heteroatoms. The molecule has 1 fully saturated rings. The van der Waals surface area contributed by atoms with E-state index in [9.17, 15) is 10.2 Å². The maximum Gasteiger partial charge on any atom is 0.150 e. The molecule has 1 saturated heterocycles. The zero-order valence-electron chi connectivity index (χ0n) is 20.2. The molecule has 3 aromatic heterocycles. The predicted octanol–water partition coefficient (Wildman–Crippen LogP) is 2.50. The summed E-state index contributed by atoms with van der Waals surface area (Å²) in [7, 11) is 0. The number of nitrogens with zero attached hydrogens (tertiary/aromatic N) is 5. The molecular formula is C24H33N5O4S. The van der Waals surface area contributed by atoms with E-state index >= 15 is 0 Å². The van der Waals surface area contributed by atoms with Crippen LogP contribution in [0.2, 0.25) is 0 Å². The molecule has 9 nitrogen and oxygen atoms in total. The molecule has 5 heterocycles. The number of morpholine rings is 1. The van der Waals surface area contributed by atoms with E-state index in [0.29, 0.717) is 32.9 Å². The molecule has 2 aliphatic rings. The Bertz CT molecular complexity index is 1180. The van der Waals surface area contributed by atoms with Gasteiger partial charge in [-0.25, -0.2) is 15.0 Å². The third kappa shape index (κ3) is 4.45. The fraction of sp³-hybridized carbons (Fsp3) is 0.625. The second-order valence-electron chi connectivity index (χ2n) is 9.98. The highest BCUT2D eigenvalue weighted by molar-refractivity contribution is 7.26. The molecule has 0 radical (unpaired) electrons. The second kappa shape index (κ2) is 9.16. The van der Waals surface area contributed by atoms with Crippen LogP contribution in [-0.2, 0) is 22.5 Å². The summed E-state index contributed by atoms with van der Waals surface area (Å²) in [6.07, 6.45) is 1.23. The highest BCUT2D eigenvalue weighted by Gasteiger charge is 2.33. The Balaban J connectivity index is 1.73. The van der Waals surface area contributed by atoms with Gasteiger partial charge in [-0.2, -0.15) is 0 Å². The zero-order chi connectivity index (χ0) is 24.0. The molecule has 0 amide bonds. The number of thiophene rings is 1. The van der Waals surface area contributed by atoms with Crippen molar-refractivity contribution in [1.82, 2.24) is 15.0 Å².